The second kappa shape index (κ2) is 9.40. The molecule has 1 aromatic heterocycles. The molecule has 0 unspecified atom stereocenters. The van der Waals surface area contributed by atoms with E-state index in [4.69, 9.17) is 15.2 Å². The molecule has 4 N–H and O–H groups in total. The van der Waals surface area contributed by atoms with Gasteiger partial charge in [0.1, 0.15) is 11.5 Å². The van der Waals surface area contributed by atoms with Gasteiger partial charge in [0.05, 0.1) is 18.9 Å². The summed E-state index contributed by atoms with van der Waals surface area (Å²) in [5, 5.41) is 3.69. The van der Waals surface area contributed by atoms with Crippen molar-refractivity contribution < 1.29 is 9.47 Å². The number of benzene rings is 2. The number of fused-ring (bicyclic) bond motifs is 2. The van der Waals surface area contributed by atoms with Gasteiger partial charge in [0, 0.05) is 60.2 Å². The Morgan fingerprint density at radius 3 is 2.63 bits per heavy atom. The van der Waals surface area contributed by atoms with Gasteiger partial charge in [-0.25, -0.2) is 0 Å². The van der Waals surface area contributed by atoms with E-state index in [1.165, 1.54) is 5.56 Å². The molecule has 0 bridgehead atoms. The van der Waals surface area contributed by atoms with Crippen LogP contribution in [0.4, 0.5) is 11.4 Å². The van der Waals surface area contributed by atoms with Gasteiger partial charge >= 0.3 is 0 Å². The zero-order valence-corrected chi connectivity index (χ0v) is 19.9. The average Bonchev–Trinajstić information content (AvgIpc) is 2.88. The third-order valence-corrected chi connectivity index (χ3v) is 7.39. The number of nitrogens with two attached hydrogens (primary N) is 1. The molecular formula is C28H32N4O3. The molecular weight excluding hydrogens is 440 g/mol. The standard InChI is InChI=1S/C28H32N4O3/c29-20-4-6-21(7-5-20)30-22-8-9-26-19(15-22)14-18-2-1-3-24(28(18)35-26)25-16-23(17-27(33)31-25)32-10-12-34-13-11-32/h1-3,8-9,15-17,20-21,30H,4-7,10-14,29H2,(H,31,33). The van der Waals surface area contributed by atoms with Crippen molar-refractivity contribution in [3.63, 3.8) is 0 Å². The average molecular weight is 473 g/mol. The number of para-hydroxylation sites is 1. The maximum Gasteiger partial charge on any atom is 0.250 e. The van der Waals surface area contributed by atoms with E-state index in [0.717, 1.165) is 84.9 Å². The highest BCUT2D eigenvalue weighted by Crippen LogP contribution is 2.43. The minimum atomic E-state index is -0.114. The summed E-state index contributed by atoms with van der Waals surface area (Å²) in [4.78, 5) is 17.8. The molecule has 2 fully saturated rings. The number of aromatic amines is 1. The summed E-state index contributed by atoms with van der Waals surface area (Å²) in [7, 11) is 0. The van der Waals surface area contributed by atoms with Crippen molar-refractivity contribution in [2.45, 2.75) is 44.2 Å². The minimum absolute atomic E-state index is 0.114. The monoisotopic (exact) mass is 472 g/mol. The zero-order valence-electron chi connectivity index (χ0n) is 19.9. The summed E-state index contributed by atoms with van der Waals surface area (Å²) in [6, 6.07) is 17.1. The highest BCUT2D eigenvalue weighted by Gasteiger charge is 2.23. The van der Waals surface area contributed by atoms with Crippen molar-refractivity contribution in [2.24, 2.45) is 5.73 Å². The van der Waals surface area contributed by atoms with Crippen LogP contribution in [-0.4, -0.2) is 43.4 Å². The van der Waals surface area contributed by atoms with Crippen LogP contribution in [0.1, 0.15) is 36.8 Å². The molecule has 35 heavy (non-hydrogen) atoms. The van der Waals surface area contributed by atoms with Crippen LogP contribution in [0.25, 0.3) is 11.3 Å². The van der Waals surface area contributed by atoms with Crippen molar-refractivity contribution in [1.82, 2.24) is 4.98 Å². The van der Waals surface area contributed by atoms with Gasteiger partial charge in [-0.15, -0.1) is 0 Å². The van der Waals surface area contributed by atoms with Crippen molar-refractivity contribution in [2.75, 3.05) is 36.5 Å². The first-order valence-corrected chi connectivity index (χ1v) is 12.6. The summed E-state index contributed by atoms with van der Waals surface area (Å²) in [5.41, 5.74) is 12.0. The Balaban J connectivity index is 1.27. The van der Waals surface area contributed by atoms with Gasteiger partial charge in [-0.05, 0) is 61.6 Å². The van der Waals surface area contributed by atoms with E-state index in [1.807, 2.05) is 18.2 Å². The number of aromatic nitrogens is 1. The van der Waals surface area contributed by atoms with Crippen LogP contribution >= 0.6 is 0 Å². The van der Waals surface area contributed by atoms with Crippen molar-refractivity contribution in [1.29, 1.82) is 0 Å². The molecule has 3 aromatic rings. The lowest BCUT2D eigenvalue weighted by molar-refractivity contribution is 0.122. The predicted octanol–water partition coefficient (Wildman–Crippen LogP) is 4.26. The lowest BCUT2D eigenvalue weighted by Gasteiger charge is -2.29. The summed E-state index contributed by atoms with van der Waals surface area (Å²) >= 11 is 0. The molecule has 2 aromatic carbocycles. The number of rotatable bonds is 4. The van der Waals surface area contributed by atoms with Crippen LogP contribution in [-0.2, 0) is 11.2 Å². The molecule has 1 saturated heterocycles. The Labute approximate surface area is 205 Å². The van der Waals surface area contributed by atoms with Gasteiger partial charge in [-0.1, -0.05) is 12.1 Å². The topological polar surface area (TPSA) is 92.6 Å². The zero-order chi connectivity index (χ0) is 23.8. The van der Waals surface area contributed by atoms with E-state index in [9.17, 15) is 4.79 Å². The number of H-pyrrole nitrogens is 1. The second-order valence-corrected chi connectivity index (χ2v) is 9.87. The molecule has 0 spiro atoms. The first-order chi connectivity index (χ1) is 17.1. The fourth-order valence-corrected chi connectivity index (χ4v) is 5.46. The maximum atomic E-state index is 12.5. The number of hydrogen-bond acceptors (Lipinski definition) is 6. The Kier molecular flexibility index (Phi) is 5.96. The molecule has 182 valence electrons. The van der Waals surface area contributed by atoms with Crippen molar-refractivity contribution >= 4 is 11.4 Å². The van der Waals surface area contributed by atoms with E-state index >= 15 is 0 Å². The third kappa shape index (κ3) is 4.66. The van der Waals surface area contributed by atoms with Crippen molar-refractivity contribution in [3.05, 3.63) is 70.0 Å². The summed E-state index contributed by atoms with van der Waals surface area (Å²) in [6.45, 7) is 2.91. The summed E-state index contributed by atoms with van der Waals surface area (Å²) < 4.78 is 11.9. The maximum absolute atomic E-state index is 12.5. The molecule has 7 nitrogen and oxygen atoms in total. The van der Waals surface area contributed by atoms with Crippen LogP contribution in [0, 0.1) is 0 Å². The molecule has 2 aliphatic heterocycles. The van der Waals surface area contributed by atoms with Gasteiger partial charge < -0.3 is 30.4 Å². The normalized spacial score (nSPS) is 21.6. The number of anilines is 2. The molecule has 7 heteroatoms. The Hall–Kier alpha value is -3.29. The van der Waals surface area contributed by atoms with Gasteiger partial charge in [0.15, 0.2) is 0 Å². The highest BCUT2D eigenvalue weighted by atomic mass is 16.5. The molecule has 6 rings (SSSR count). The second-order valence-electron chi connectivity index (χ2n) is 9.87. The lowest BCUT2D eigenvalue weighted by Crippen LogP contribution is -2.36. The molecule has 0 atom stereocenters. The van der Waals surface area contributed by atoms with Crippen LogP contribution in [0.5, 0.6) is 11.5 Å². The van der Waals surface area contributed by atoms with E-state index in [-0.39, 0.29) is 5.56 Å². The summed E-state index contributed by atoms with van der Waals surface area (Å²) in [5.74, 6) is 1.68. The minimum Gasteiger partial charge on any atom is -0.456 e. The smallest absolute Gasteiger partial charge is 0.250 e. The number of morpholine rings is 1. The fourth-order valence-electron chi connectivity index (χ4n) is 5.46. The van der Waals surface area contributed by atoms with E-state index < -0.39 is 0 Å². The first kappa shape index (κ1) is 22.2. The molecule has 0 radical (unpaired) electrons. The number of ether oxygens (including phenoxy) is 2. The van der Waals surface area contributed by atoms with Crippen LogP contribution < -0.4 is 26.2 Å². The van der Waals surface area contributed by atoms with Crippen LogP contribution in [0.3, 0.4) is 0 Å². The molecule has 1 aliphatic carbocycles. The van der Waals surface area contributed by atoms with Gasteiger partial charge in [0.25, 0.3) is 0 Å². The first-order valence-electron chi connectivity index (χ1n) is 12.6. The fraction of sp³-hybridized carbons (Fsp3) is 0.393. The van der Waals surface area contributed by atoms with Crippen molar-refractivity contribution in [3.8, 4) is 22.8 Å². The molecule has 0 amide bonds. The lowest BCUT2D eigenvalue weighted by atomic mass is 9.91. The number of hydrogen-bond donors (Lipinski definition) is 3. The Morgan fingerprint density at radius 2 is 1.80 bits per heavy atom. The van der Waals surface area contributed by atoms with E-state index in [2.05, 4.69) is 39.5 Å². The van der Waals surface area contributed by atoms with E-state index in [0.29, 0.717) is 25.3 Å². The molecule has 3 aliphatic rings. The SMILES string of the molecule is NC1CCC(Nc2ccc3c(c2)Cc2cccc(-c4cc(N5CCOCC5)cc(=O)[nH]4)c2O3)CC1. The Bertz CT molecular complexity index is 1270. The number of nitrogens with one attached hydrogen (secondary N) is 2. The molecule has 1 saturated carbocycles. The molecule has 3 heterocycles. The Morgan fingerprint density at radius 1 is 0.971 bits per heavy atom. The van der Waals surface area contributed by atoms with Gasteiger partial charge in [-0.3, -0.25) is 4.79 Å². The largest absolute Gasteiger partial charge is 0.456 e. The number of nitrogens with zero attached hydrogens (tertiary/aromatic N) is 1. The highest BCUT2D eigenvalue weighted by molar-refractivity contribution is 5.74. The summed E-state index contributed by atoms with van der Waals surface area (Å²) in [6.07, 6.45) is 5.18. The van der Waals surface area contributed by atoms with Gasteiger partial charge in [-0.2, -0.15) is 0 Å². The predicted molar refractivity (Wildman–Crippen MR) is 139 cm³/mol. The van der Waals surface area contributed by atoms with Crippen LogP contribution in [0.15, 0.2) is 53.3 Å². The van der Waals surface area contributed by atoms with E-state index in [1.54, 1.807) is 6.07 Å². The third-order valence-electron chi connectivity index (χ3n) is 7.39. The quantitative estimate of drug-likeness (QED) is 0.411. The van der Waals surface area contributed by atoms with Crippen LogP contribution in [0.2, 0.25) is 0 Å². The number of pyridine rings is 1. The van der Waals surface area contributed by atoms with Gasteiger partial charge in [0.2, 0.25) is 5.56 Å².